The lowest BCUT2D eigenvalue weighted by Crippen LogP contribution is -2.36. The van der Waals surface area contributed by atoms with Crippen LogP contribution in [0.4, 0.5) is 5.69 Å². The lowest BCUT2D eigenvalue weighted by atomic mass is 9.71. The Bertz CT molecular complexity index is 1060. The Kier molecular flexibility index (Phi) is 5.03. The molecule has 2 fully saturated rings. The molecule has 3 heterocycles. The molecule has 0 radical (unpaired) electrons. The fraction of sp³-hybridized carbons (Fsp3) is 0.458. The molecule has 2 aromatic heterocycles. The summed E-state index contributed by atoms with van der Waals surface area (Å²) in [7, 11) is 0. The van der Waals surface area contributed by atoms with Crippen LogP contribution in [0.1, 0.15) is 49.4 Å². The fourth-order valence-corrected chi connectivity index (χ4v) is 4.77. The Morgan fingerprint density at radius 2 is 1.97 bits per heavy atom. The highest BCUT2D eigenvalue weighted by atomic mass is 16.5. The second-order valence-corrected chi connectivity index (χ2v) is 8.75. The first-order valence-electron chi connectivity index (χ1n) is 11.0. The molecule has 1 aliphatic carbocycles. The Labute approximate surface area is 176 Å². The summed E-state index contributed by atoms with van der Waals surface area (Å²) in [6.07, 6.45) is 8.95. The third-order valence-electron chi connectivity index (χ3n) is 6.65. The van der Waals surface area contributed by atoms with Gasteiger partial charge in [-0.2, -0.15) is 0 Å². The van der Waals surface area contributed by atoms with Crippen molar-refractivity contribution < 1.29 is 9.53 Å². The summed E-state index contributed by atoms with van der Waals surface area (Å²) < 4.78 is 5.47. The van der Waals surface area contributed by atoms with E-state index in [1.54, 1.807) is 12.4 Å². The van der Waals surface area contributed by atoms with Gasteiger partial charge in [-0.25, -0.2) is 9.97 Å². The molecule has 0 spiro atoms. The number of morpholine rings is 1. The zero-order valence-corrected chi connectivity index (χ0v) is 17.5. The van der Waals surface area contributed by atoms with Gasteiger partial charge in [0.1, 0.15) is 5.52 Å². The Hall–Kier alpha value is -2.73. The molecule has 0 amide bonds. The SMILES string of the molecule is CC1(C(=O)c2c[nH]c3ncc(-c4cccc(N5CCOCC5)c4)nc23)CCCCC1. The van der Waals surface area contributed by atoms with Crippen molar-refractivity contribution >= 4 is 22.6 Å². The first-order chi connectivity index (χ1) is 14.6. The van der Waals surface area contributed by atoms with Crippen molar-refractivity contribution in [1.82, 2.24) is 15.0 Å². The number of carbonyl (C=O) groups is 1. The van der Waals surface area contributed by atoms with Crippen molar-refractivity contribution in [1.29, 1.82) is 0 Å². The number of hydrogen-bond donors (Lipinski definition) is 1. The number of Topliss-reactive ketones (excluding diaryl/α,β-unsaturated/α-hetero) is 1. The second kappa shape index (κ2) is 7.84. The summed E-state index contributed by atoms with van der Waals surface area (Å²) in [5.74, 6) is 0.196. The number of ether oxygens (including phenoxy) is 1. The third-order valence-corrected chi connectivity index (χ3v) is 6.65. The van der Waals surface area contributed by atoms with E-state index >= 15 is 0 Å². The van der Waals surface area contributed by atoms with Crippen LogP contribution in [0.15, 0.2) is 36.7 Å². The van der Waals surface area contributed by atoms with Gasteiger partial charge in [0.25, 0.3) is 0 Å². The van der Waals surface area contributed by atoms with E-state index in [0.717, 1.165) is 68.9 Å². The topological polar surface area (TPSA) is 71.1 Å². The van der Waals surface area contributed by atoms with Gasteiger partial charge < -0.3 is 14.6 Å². The summed E-state index contributed by atoms with van der Waals surface area (Å²) in [6.45, 7) is 5.40. The van der Waals surface area contributed by atoms with Gasteiger partial charge in [0.2, 0.25) is 0 Å². The molecule has 2 aliphatic rings. The van der Waals surface area contributed by atoms with E-state index in [1.165, 1.54) is 6.42 Å². The number of hydrogen-bond acceptors (Lipinski definition) is 5. The lowest BCUT2D eigenvalue weighted by molar-refractivity contribution is 0.0751. The van der Waals surface area contributed by atoms with Crippen LogP contribution in [0.3, 0.4) is 0 Å². The summed E-state index contributed by atoms with van der Waals surface area (Å²) in [5.41, 5.74) is 4.70. The number of aromatic nitrogens is 3. The van der Waals surface area contributed by atoms with Crippen LogP contribution in [0, 0.1) is 5.41 Å². The van der Waals surface area contributed by atoms with Crippen molar-refractivity contribution in [3.63, 3.8) is 0 Å². The van der Waals surface area contributed by atoms with Gasteiger partial charge in [-0.05, 0) is 25.0 Å². The minimum absolute atomic E-state index is 0.196. The quantitative estimate of drug-likeness (QED) is 0.643. The van der Waals surface area contributed by atoms with Gasteiger partial charge in [0, 0.05) is 36.0 Å². The number of rotatable bonds is 4. The summed E-state index contributed by atoms with van der Waals surface area (Å²) in [6, 6.07) is 8.38. The molecule has 30 heavy (non-hydrogen) atoms. The predicted octanol–water partition coefficient (Wildman–Crippen LogP) is 4.61. The molecule has 1 saturated carbocycles. The molecular weight excluding hydrogens is 376 g/mol. The highest BCUT2D eigenvalue weighted by molar-refractivity contribution is 6.08. The van der Waals surface area contributed by atoms with E-state index in [0.29, 0.717) is 16.7 Å². The van der Waals surface area contributed by atoms with Gasteiger partial charge in [-0.3, -0.25) is 4.79 Å². The van der Waals surface area contributed by atoms with Crippen LogP contribution >= 0.6 is 0 Å². The molecule has 156 valence electrons. The zero-order chi connectivity index (χ0) is 20.6. The van der Waals surface area contributed by atoms with E-state index in [4.69, 9.17) is 9.72 Å². The maximum atomic E-state index is 13.4. The maximum absolute atomic E-state index is 13.4. The van der Waals surface area contributed by atoms with Crippen molar-refractivity contribution in [3.05, 3.63) is 42.2 Å². The van der Waals surface area contributed by atoms with E-state index < -0.39 is 0 Å². The molecule has 0 bridgehead atoms. The van der Waals surface area contributed by atoms with Crippen LogP contribution < -0.4 is 4.90 Å². The molecule has 1 N–H and O–H groups in total. The minimum atomic E-state index is -0.290. The van der Waals surface area contributed by atoms with Crippen molar-refractivity contribution in [2.75, 3.05) is 31.2 Å². The van der Waals surface area contributed by atoms with E-state index in [1.807, 2.05) is 0 Å². The van der Waals surface area contributed by atoms with Gasteiger partial charge in [0.05, 0.1) is 30.7 Å². The van der Waals surface area contributed by atoms with Crippen LogP contribution in [0.25, 0.3) is 22.4 Å². The number of ketones is 1. The normalized spacial score (nSPS) is 19.2. The standard InChI is InChI=1S/C24H28N4O2/c1-24(8-3-2-4-9-24)22(29)19-15-25-23-21(19)27-20(16-26-23)17-6-5-7-18(14-17)28-10-12-30-13-11-28/h5-7,14-16H,2-4,8-13H2,1H3,(H,25,26). The van der Waals surface area contributed by atoms with Crippen LogP contribution in [-0.2, 0) is 4.74 Å². The van der Waals surface area contributed by atoms with Gasteiger partial charge in [0.15, 0.2) is 11.4 Å². The predicted molar refractivity (Wildman–Crippen MR) is 118 cm³/mol. The molecule has 0 atom stereocenters. The van der Waals surface area contributed by atoms with E-state index in [-0.39, 0.29) is 11.2 Å². The number of nitrogens with one attached hydrogen (secondary N) is 1. The average molecular weight is 405 g/mol. The number of nitrogens with zero attached hydrogens (tertiary/aromatic N) is 3. The van der Waals surface area contributed by atoms with Crippen molar-refractivity contribution in [2.45, 2.75) is 39.0 Å². The van der Waals surface area contributed by atoms with Crippen LogP contribution in [0.5, 0.6) is 0 Å². The van der Waals surface area contributed by atoms with Gasteiger partial charge >= 0.3 is 0 Å². The minimum Gasteiger partial charge on any atom is -0.378 e. The molecule has 1 saturated heterocycles. The highest BCUT2D eigenvalue weighted by Crippen LogP contribution is 2.39. The van der Waals surface area contributed by atoms with Crippen molar-refractivity contribution in [2.24, 2.45) is 5.41 Å². The maximum Gasteiger partial charge on any atom is 0.172 e. The van der Waals surface area contributed by atoms with Crippen molar-refractivity contribution in [3.8, 4) is 11.3 Å². The van der Waals surface area contributed by atoms with Crippen LogP contribution in [0.2, 0.25) is 0 Å². The molecule has 0 unspecified atom stereocenters. The Morgan fingerprint density at radius 1 is 1.17 bits per heavy atom. The van der Waals surface area contributed by atoms with Crippen LogP contribution in [-0.4, -0.2) is 47.0 Å². The third kappa shape index (κ3) is 3.49. The van der Waals surface area contributed by atoms with Gasteiger partial charge in [-0.1, -0.05) is 38.3 Å². The van der Waals surface area contributed by atoms with Gasteiger partial charge in [-0.15, -0.1) is 0 Å². The first kappa shape index (κ1) is 19.2. The molecule has 6 heteroatoms. The number of fused-ring (bicyclic) bond motifs is 1. The largest absolute Gasteiger partial charge is 0.378 e. The van der Waals surface area contributed by atoms with E-state index in [2.05, 4.69) is 46.1 Å². The summed E-state index contributed by atoms with van der Waals surface area (Å²) >= 11 is 0. The Balaban J connectivity index is 1.49. The smallest absolute Gasteiger partial charge is 0.172 e. The number of carbonyl (C=O) groups excluding carboxylic acids is 1. The fourth-order valence-electron chi connectivity index (χ4n) is 4.77. The molecule has 5 rings (SSSR count). The number of benzene rings is 1. The monoisotopic (exact) mass is 404 g/mol. The molecule has 6 nitrogen and oxygen atoms in total. The second-order valence-electron chi connectivity index (χ2n) is 8.75. The number of anilines is 1. The average Bonchev–Trinajstić information content (AvgIpc) is 3.23. The number of H-pyrrole nitrogens is 1. The molecule has 1 aliphatic heterocycles. The summed E-state index contributed by atoms with van der Waals surface area (Å²) in [4.78, 5) is 28.3. The highest BCUT2D eigenvalue weighted by Gasteiger charge is 2.36. The zero-order valence-electron chi connectivity index (χ0n) is 17.5. The molecule has 1 aromatic carbocycles. The molecule has 3 aromatic rings. The van der Waals surface area contributed by atoms with E-state index in [9.17, 15) is 4.79 Å². The summed E-state index contributed by atoms with van der Waals surface area (Å²) in [5, 5.41) is 0. The lowest BCUT2D eigenvalue weighted by Gasteiger charge is -2.31. The molecular formula is C24H28N4O2. The number of aromatic amines is 1. The Morgan fingerprint density at radius 3 is 2.77 bits per heavy atom. The first-order valence-corrected chi connectivity index (χ1v) is 11.0.